The molecule has 166 valence electrons. The molecule has 0 aliphatic carbocycles. The van der Waals surface area contributed by atoms with Gasteiger partial charge in [-0.3, -0.25) is 9.59 Å². The number of carbonyl (C=O) groups is 2. The first-order valence-corrected chi connectivity index (χ1v) is 11.0. The van der Waals surface area contributed by atoms with Crippen LogP contribution in [-0.2, 0) is 14.3 Å². The summed E-state index contributed by atoms with van der Waals surface area (Å²) >= 11 is 6.17. The first-order chi connectivity index (χ1) is 15.6. The minimum absolute atomic E-state index is 0.0661. The van der Waals surface area contributed by atoms with Crippen LogP contribution in [0.4, 0.5) is 5.82 Å². The van der Waals surface area contributed by atoms with Crippen molar-refractivity contribution >= 4 is 29.2 Å². The van der Waals surface area contributed by atoms with Crippen molar-refractivity contribution in [1.29, 1.82) is 0 Å². The van der Waals surface area contributed by atoms with Gasteiger partial charge in [-0.1, -0.05) is 48.0 Å². The molecule has 0 saturated carbocycles. The Kier molecular flexibility index (Phi) is 7.19. The van der Waals surface area contributed by atoms with Crippen LogP contribution in [0.15, 0.2) is 60.7 Å². The van der Waals surface area contributed by atoms with Gasteiger partial charge in [0.25, 0.3) is 0 Å². The van der Waals surface area contributed by atoms with Crippen molar-refractivity contribution in [2.75, 3.05) is 31.6 Å². The zero-order valence-electron chi connectivity index (χ0n) is 17.7. The lowest BCUT2D eigenvalue weighted by molar-refractivity contribution is -0.135. The van der Waals surface area contributed by atoms with Gasteiger partial charge in [0.15, 0.2) is 0 Å². The summed E-state index contributed by atoms with van der Waals surface area (Å²) in [4.78, 5) is 26.7. The summed E-state index contributed by atoms with van der Waals surface area (Å²) < 4.78 is 6.95. The molecule has 2 aromatic carbocycles. The quantitative estimate of drug-likeness (QED) is 0.584. The second kappa shape index (κ2) is 10.4. The average molecular weight is 453 g/mol. The van der Waals surface area contributed by atoms with Gasteiger partial charge in [0.1, 0.15) is 5.82 Å². The Morgan fingerprint density at radius 3 is 2.53 bits per heavy atom. The van der Waals surface area contributed by atoms with Crippen LogP contribution in [0.1, 0.15) is 19.3 Å². The molecule has 0 spiro atoms. The molecule has 1 N–H and O–H groups in total. The third-order valence-electron chi connectivity index (χ3n) is 5.26. The van der Waals surface area contributed by atoms with E-state index in [1.165, 1.54) is 0 Å². The molecule has 8 heteroatoms. The maximum Gasteiger partial charge on any atom is 0.225 e. The van der Waals surface area contributed by atoms with Crippen molar-refractivity contribution in [3.8, 4) is 16.9 Å². The van der Waals surface area contributed by atoms with Crippen LogP contribution in [0, 0.1) is 0 Å². The maximum atomic E-state index is 12.6. The first-order valence-electron chi connectivity index (χ1n) is 10.7. The predicted octanol–water partition coefficient (Wildman–Crippen LogP) is 4.16. The molecular weight excluding hydrogens is 428 g/mol. The Morgan fingerprint density at radius 2 is 1.78 bits per heavy atom. The van der Waals surface area contributed by atoms with E-state index in [2.05, 4.69) is 10.4 Å². The van der Waals surface area contributed by atoms with Gasteiger partial charge in [-0.15, -0.1) is 0 Å². The molecule has 2 heterocycles. The zero-order chi connectivity index (χ0) is 22.3. The summed E-state index contributed by atoms with van der Waals surface area (Å²) in [5, 5.41) is 8.21. The molecule has 1 aromatic heterocycles. The van der Waals surface area contributed by atoms with Gasteiger partial charge in [-0.2, -0.15) is 5.10 Å². The highest BCUT2D eigenvalue weighted by Crippen LogP contribution is 2.26. The average Bonchev–Trinajstić information content (AvgIpc) is 3.24. The number of nitrogens with zero attached hydrogens (tertiary/aromatic N) is 3. The third kappa shape index (κ3) is 5.55. The minimum Gasteiger partial charge on any atom is -0.378 e. The van der Waals surface area contributed by atoms with Crippen molar-refractivity contribution in [2.24, 2.45) is 0 Å². The molecule has 4 rings (SSSR count). The van der Waals surface area contributed by atoms with Gasteiger partial charge in [0.2, 0.25) is 11.8 Å². The highest BCUT2D eigenvalue weighted by atomic mass is 35.5. The number of benzene rings is 2. The van der Waals surface area contributed by atoms with Gasteiger partial charge in [0.05, 0.1) is 24.6 Å². The van der Waals surface area contributed by atoms with E-state index >= 15 is 0 Å². The SMILES string of the molecule is O=C(CCCC(=O)N1CCOCC1)Nc1cc(-c2ccccc2)nn1-c1cccc(Cl)c1. The van der Waals surface area contributed by atoms with Gasteiger partial charge in [-0.05, 0) is 24.6 Å². The Morgan fingerprint density at radius 1 is 1.00 bits per heavy atom. The fraction of sp³-hybridized carbons (Fsp3) is 0.292. The largest absolute Gasteiger partial charge is 0.378 e. The number of rotatable bonds is 7. The Labute approximate surface area is 191 Å². The molecule has 1 saturated heterocycles. The summed E-state index contributed by atoms with van der Waals surface area (Å²) in [5.74, 6) is 0.453. The number of halogens is 1. The van der Waals surface area contributed by atoms with Gasteiger partial charge >= 0.3 is 0 Å². The second-order valence-electron chi connectivity index (χ2n) is 7.57. The van der Waals surface area contributed by atoms with E-state index in [0.29, 0.717) is 50.0 Å². The van der Waals surface area contributed by atoms with E-state index in [1.807, 2.05) is 48.5 Å². The van der Waals surface area contributed by atoms with E-state index in [0.717, 1.165) is 16.9 Å². The Balaban J connectivity index is 1.45. The van der Waals surface area contributed by atoms with Crippen LogP contribution in [0.3, 0.4) is 0 Å². The molecule has 0 atom stereocenters. The topological polar surface area (TPSA) is 76.5 Å². The van der Waals surface area contributed by atoms with E-state index < -0.39 is 0 Å². The summed E-state index contributed by atoms with van der Waals surface area (Å²) in [7, 11) is 0. The molecule has 1 aliphatic heterocycles. The maximum absolute atomic E-state index is 12.6. The van der Waals surface area contributed by atoms with E-state index in [9.17, 15) is 9.59 Å². The van der Waals surface area contributed by atoms with Gasteiger partial charge in [-0.25, -0.2) is 4.68 Å². The Bertz CT molecular complexity index is 1080. The normalized spacial score (nSPS) is 13.7. The first kappa shape index (κ1) is 22.0. The summed E-state index contributed by atoms with van der Waals surface area (Å²) in [5.41, 5.74) is 2.43. The molecule has 0 bridgehead atoms. The summed E-state index contributed by atoms with van der Waals surface area (Å²) in [6.07, 6.45) is 1.08. The van der Waals surface area contributed by atoms with Crippen molar-refractivity contribution in [2.45, 2.75) is 19.3 Å². The molecule has 32 heavy (non-hydrogen) atoms. The number of aromatic nitrogens is 2. The van der Waals surface area contributed by atoms with Crippen LogP contribution in [-0.4, -0.2) is 52.8 Å². The number of nitrogens with one attached hydrogen (secondary N) is 1. The lowest BCUT2D eigenvalue weighted by atomic mass is 10.1. The molecular formula is C24H25ClN4O3. The van der Waals surface area contributed by atoms with Crippen molar-refractivity contribution < 1.29 is 14.3 Å². The molecule has 2 amide bonds. The van der Waals surface area contributed by atoms with Crippen LogP contribution < -0.4 is 5.32 Å². The highest BCUT2D eigenvalue weighted by Gasteiger charge is 2.18. The minimum atomic E-state index is -0.164. The molecule has 0 radical (unpaired) electrons. The fourth-order valence-electron chi connectivity index (χ4n) is 3.60. The van der Waals surface area contributed by atoms with E-state index in [1.54, 1.807) is 21.7 Å². The Hall–Kier alpha value is -3.16. The molecule has 1 aliphatic rings. The highest BCUT2D eigenvalue weighted by molar-refractivity contribution is 6.30. The number of ether oxygens (including phenoxy) is 1. The monoisotopic (exact) mass is 452 g/mol. The number of morpholine rings is 1. The van der Waals surface area contributed by atoms with Crippen molar-refractivity contribution in [3.05, 3.63) is 65.7 Å². The number of carbonyl (C=O) groups excluding carboxylic acids is 2. The van der Waals surface area contributed by atoms with E-state index in [4.69, 9.17) is 16.3 Å². The van der Waals surface area contributed by atoms with E-state index in [-0.39, 0.29) is 18.2 Å². The molecule has 0 unspecified atom stereocenters. The van der Waals surface area contributed by atoms with Crippen LogP contribution in [0.2, 0.25) is 5.02 Å². The van der Waals surface area contributed by atoms with Crippen LogP contribution in [0.25, 0.3) is 16.9 Å². The second-order valence-corrected chi connectivity index (χ2v) is 8.00. The number of hydrogen-bond donors (Lipinski definition) is 1. The van der Waals surface area contributed by atoms with Crippen molar-refractivity contribution in [1.82, 2.24) is 14.7 Å². The lowest BCUT2D eigenvalue weighted by Gasteiger charge is -2.26. The smallest absolute Gasteiger partial charge is 0.225 e. The molecule has 3 aromatic rings. The lowest BCUT2D eigenvalue weighted by Crippen LogP contribution is -2.40. The molecule has 7 nitrogen and oxygen atoms in total. The number of anilines is 1. The standard InChI is InChI=1S/C24H25ClN4O3/c25-19-8-4-9-20(16-19)29-22(17-21(27-29)18-6-2-1-3-7-18)26-23(30)10-5-11-24(31)28-12-14-32-15-13-28/h1-4,6-9,16-17H,5,10-15H2,(H,26,30). The third-order valence-corrected chi connectivity index (χ3v) is 5.49. The van der Waals surface area contributed by atoms with Crippen LogP contribution >= 0.6 is 11.6 Å². The van der Waals surface area contributed by atoms with Crippen molar-refractivity contribution in [3.63, 3.8) is 0 Å². The van der Waals surface area contributed by atoms with Crippen LogP contribution in [0.5, 0.6) is 0 Å². The van der Waals surface area contributed by atoms with Gasteiger partial charge < -0.3 is 15.0 Å². The van der Waals surface area contributed by atoms with Gasteiger partial charge in [0, 0.05) is 42.6 Å². The predicted molar refractivity (Wildman–Crippen MR) is 124 cm³/mol. The number of hydrogen-bond acceptors (Lipinski definition) is 4. The number of amides is 2. The summed E-state index contributed by atoms with van der Waals surface area (Å²) in [6.45, 7) is 2.38. The molecule has 1 fully saturated rings. The zero-order valence-corrected chi connectivity index (χ0v) is 18.4. The fourth-order valence-corrected chi connectivity index (χ4v) is 3.79. The summed E-state index contributed by atoms with van der Waals surface area (Å²) in [6, 6.07) is 18.9.